The zero-order chi connectivity index (χ0) is 13.5. The number of rotatable bonds is 6. The van der Waals surface area contributed by atoms with E-state index in [-0.39, 0.29) is 25.7 Å². The Hall–Kier alpha value is -1.79. The van der Waals surface area contributed by atoms with E-state index in [2.05, 4.69) is 5.32 Å². The number of nitrogen functional groups attached to an aromatic ring is 1. The summed E-state index contributed by atoms with van der Waals surface area (Å²) in [6.07, 6.45) is 0. The summed E-state index contributed by atoms with van der Waals surface area (Å²) in [5.74, 6) is -0.841. The average Bonchev–Trinajstić information content (AvgIpc) is 2.31. The normalized spacial score (nSPS) is 10.1. The Balaban J connectivity index is 2.36. The highest BCUT2D eigenvalue weighted by molar-refractivity contribution is 6.33. The molecule has 1 rings (SSSR count). The summed E-state index contributed by atoms with van der Waals surface area (Å²) in [6.45, 7) is 0.315. The van der Waals surface area contributed by atoms with E-state index in [1.165, 1.54) is 6.07 Å². The second-order valence-electron chi connectivity index (χ2n) is 3.51. The molecule has 0 saturated carbocycles. The maximum Gasteiger partial charge on any atom is 0.251 e. The van der Waals surface area contributed by atoms with Crippen LogP contribution >= 0.6 is 11.6 Å². The summed E-state index contributed by atoms with van der Waals surface area (Å²) < 4.78 is 4.89. The second-order valence-corrected chi connectivity index (χ2v) is 3.92. The molecule has 0 saturated heterocycles. The van der Waals surface area contributed by atoms with Crippen LogP contribution in [0.1, 0.15) is 10.4 Å². The SMILES string of the molecule is NC(=O)COCCNC(=O)c1ccc(N)c(Cl)c1. The summed E-state index contributed by atoms with van der Waals surface area (Å²) in [5, 5.41) is 2.93. The van der Waals surface area contributed by atoms with Crippen LogP contribution in [0.25, 0.3) is 0 Å². The van der Waals surface area contributed by atoms with Gasteiger partial charge in [0.05, 0.1) is 17.3 Å². The van der Waals surface area contributed by atoms with E-state index in [4.69, 9.17) is 27.8 Å². The molecule has 18 heavy (non-hydrogen) atoms. The molecule has 1 aromatic rings. The van der Waals surface area contributed by atoms with Crippen LogP contribution in [0, 0.1) is 0 Å². The molecular weight excluding hydrogens is 258 g/mol. The number of ether oxygens (including phenoxy) is 1. The molecule has 0 aliphatic rings. The maximum atomic E-state index is 11.6. The summed E-state index contributed by atoms with van der Waals surface area (Å²) >= 11 is 5.80. The van der Waals surface area contributed by atoms with E-state index in [9.17, 15) is 9.59 Å². The number of primary amides is 1. The molecule has 0 bridgehead atoms. The van der Waals surface area contributed by atoms with Crippen LogP contribution in [0.2, 0.25) is 5.02 Å². The number of nitrogens with one attached hydrogen (secondary N) is 1. The van der Waals surface area contributed by atoms with Crippen molar-refractivity contribution in [1.82, 2.24) is 5.32 Å². The van der Waals surface area contributed by atoms with Crippen LogP contribution in [0.3, 0.4) is 0 Å². The maximum absolute atomic E-state index is 11.6. The Labute approximate surface area is 109 Å². The van der Waals surface area contributed by atoms with Crippen LogP contribution in [0.5, 0.6) is 0 Å². The van der Waals surface area contributed by atoms with Gasteiger partial charge < -0.3 is 21.5 Å². The highest BCUT2D eigenvalue weighted by Gasteiger charge is 2.06. The summed E-state index contributed by atoms with van der Waals surface area (Å²) in [7, 11) is 0. The van der Waals surface area contributed by atoms with Gasteiger partial charge in [-0.25, -0.2) is 0 Å². The number of benzene rings is 1. The van der Waals surface area contributed by atoms with Gasteiger partial charge >= 0.3 is 0 Å². The van der Waals surface area contributed by atoms with E-state index in [1.807, 2.05) is 0 Å². The van der Waals surface area contributed by atoms with Crippen molar-refractivity contribution in [2.24, 2.45) is 5.73 Å². The van der Waals surface area contributed by atoms with Crippen LogP contribution in [0.15, 0.2) is 18.2 Å². The molecule has 2 amide bonds. The van der Waals surface area contributed by atoms with Crippen LogP contribution in [-0.2, 0) is 9.53 Å². The Morgan fingerprint density at radius 3 is 2.72 bits per heavy atom. The zero-order valence-corrected chi connectivity index (χ0v) is 10.4. The van der Waals surface area contributed by atoms with E-state index in [0.29, 0.717) is 16.3 Å². The minimum absolute atomic E-state index is 0.163. The van der Waals surface area contributed by atoms with Gasteiger partial charge in [-0.15, -0.1) is 0 Å². The first kappa shape index (κ1) is 14.3. The molecule has 0 spiro atoms. The number of amides is 2. The molecule has 0 atom stereocenters. The first-order chi connectivity index (χ1) is 8.50. The molecule has 0 aromatic heterocycles. The monoisotopic (exact) mass is 271 g/mol. The number of halogens is 1. The van der Waals surface area contributed by atoms with Gasteiger partial charge in [0.15, 0.2) is 0 Å². The molecule has 0 aliphatic carbocycles. The predicted octanol–water partition coefficient (Wildman–Crippen LogP) is 0.154. The van der Waals surface area contributed by atoms with Crippen LogP contribution < -0.4 is 16.8 Å². The third kappa shape index (κ3) is 4.60. The van der Waals surface area contributed by atoms with Crippen molar-refractivity contribution in [2.75, 3.05) is 25.5 Å². The standard InChI is InChI=1S/C11H14ClN3O3/c12-8-5-7(1-2-9(8)13)11(17)15-3-4-18-6-10(14)16/h1-2,5H,3-4,6,13H2,(H2,14,16)(H,15,17). The van der Waals surface area contributed by atoms with Crippen molar-refractivity contribution in [3.63, 3.8) is 0 Å². The first-order valence-electron chi connectivity index (χ1n) is 5.20. The third-order valence-corrected chi connectivity index (χ3v) is 2.37. The second kappa shape index (κ2) is 6.83. The smallest absolute Gasteiger partial charge is 0.251 e. The first-order valence-corrected chi connectivity index (χ1v) is 5.58. The number of carbonyl (C=O) groups is 2. The Morgan fingerprint density at radius 2 is 2.11 bits per heavy atom. The zero-order valence-electron chi connectivity index (χ0n) is 9.61. The lowest BCUT2D eigenvalue weighted by Crippen LogP contribution is -2.28. The van der Waals surface area contributed by atoms with Gasteiger partial charge in [0, 0.05) is 12.1 Å². The van der Waals surface area contributed by atoms with Gasteiger partial charge in [-0.1, -0.05) is 11.6 Å². The molecule has 6 nitrogen and oxygen atoms in total. The number of hydrogen-bond acceptors (Lipinski definition) is 4. The molecular formula is C11H14ClN3O3. The predicted molar refractivity (Wildman–Crippen MR) is 68.2 cm³/mol. The van der Waals surface area contributed by atoms with Gasteiger partial charge in [0.1, 0.15) is 6.61 Å². The van der Waals surface area contributed by atoms with Crippen molar-refractivity contribution in [3.8, 4) is 0 Å². The van der Waals surface area contributed by atoms with E-state index in [0.717, 1.165) is 0 Å². The molecule has 0 fully saturated rings. The van der Waals surface area contributed by atoms with Gasteiger partial charge in [-0.05, 0) is 18.2 Å². The largest absolute Gasteiger partial charge is 0.398 e. The molecule has 98 valence electrons. The summed E-state index contributed by atoms with van der Waals surface area (Å²) in [4.78, 5) is 22.0. The molecule has 0 radical (unpaired) electrons. The van der Waals surface area contributed by atoms with Gasteiger partial charge in [0.2, 0.25) is 5.91 Å². The molecule has 7 heteroatoms. The molecule has 0 unspecified atom stereocenters. The van der Waals surface area contributed by atoms with Crippen molar-refractivity contribution < 1.29 is 14.3 Å². The minimum atomic E-state index is -0.549. The van der Waals surface area contributed by atoms with Gasteiger partial charge in [-0.3, -0.25) is 9.59 Å². The third-order valence-electron chi connectivity index (χ3n) is 2.04. The Bertz CT molecular complexity index is 451. The molecule has 1 aromatic carbocycles. The Morgan fingerprint density at radius 1 is 1.39 bits per heavy atom. The van der Waals surface area contributed by atoms with Crippen LogP contribution in [-0.4, -0.2) is 31.6 Å². The number of carbonyl (C=O) groups excluding carboxylic acids is 2. The molecule has 0 heterocycles. The topological polar surface area (TPSA) is 107 Å². The fourth-order valence-corrected chi connectivity index (χ4v) is 1.36. The summed E-state index contributed by atoms with van der Waals surface area (Å²) in [6, 6.07) is 4.61. The highest BCUT2D eigenvalue weighted by atomic mass is 35.5. The fourth-order valence-electron chi connectivity index (χ4n) is 1.18. The van der Waals surface area contributed by atoms with Crippen molar-refractivity contribution >= 4 is 29.1 Å². The Kier molecular flexibility index (Phi) is 5.41. The lowest BCUT2D eigenvalue weighted by Gasteiger charge is -2.06. The lowest BCUT2D eigenvalue weighted by atomic mass is 10.2. The number of hydrogen-bond donors (Lipinski definition) is 3. The molecule has 0 aliphatic heterocycles. The fraction of sp³-hybridized carbons (Fsp3) is 0.273. The van der Waals surface area contributed by atoms with E-state index >= 15 is 0 Å². The van der Waals surface area contributed by atoms with E-state index in [1.54, 1.807) is 12.1 Å². The average molecular weight is 272 g/mol. The molecule has 5 N–H and O–H groups in total. The minimum Gasteiger partial charge on any atom is -0.398 e. The lowest BCUT2D eigenvalue weighted by molar-refractivity contribution is -0.122. The van der Waals surface area contributed by atoms with Crippen molar-refractivity contribution in [3.05, 3.63) is 28.8 Å². The number of nitrogens with two attached hydrogens (primary N) is 2. The van der Waals surface area contributed by atoms with Crippen molar-refractivity contribution in [1.29, 1.82) is 0 Å². The summed E-state index contributed by atoms with van der Waals surface area (Å²) in [5.41, 5.74) is 11.2. The van der Waals surface area contributed by atoms with Gasteiger partial charge in [0.25, 0.3) is 5.91 Å². The quantitative estimate of drug-likeness (QED) is 0.506. The van der Waals surface area contributed by atoms with E-state index < -0.39 is 5.91 Å². The van der Waals surface area contributed by atoms with Gasteiger partial charge in [-0.2, -0.15) is 0 Å². The van der Waals surface area contributed by atoms with Crippen LogP contribution in [0.4, 0.5) is 5.69 Å². The number of anilines is 1. The highest BCUT2D eigenvalue weighted by Crippen LogP contribution is 2.19. The van der Waals surface area contributed by atoms with Crippen molar-refractivity contribution in [2.45, 2.75) is 0 Å².